The number of amides is 1. The molecule has 1 N–H and O–H groups in total. The van der Waals surface area contributed by atoms with Gasteiger partial charge in [-0.3, -0.25) is 14.8 Å². The van der Waals surface area contributed by atoms with E-state index in [9.17, 15) is 18.0 Å². The van der Waals surface area contributed by atoms with Crippen molar-refractivity contribution in [2.75, 3.05) is 5.32 Å². The number of benzene rings is 2. The first-order valence-corrected chi connectivity index (χ1v) is 11.0. The lowest BCUT2D eigenvalue weighted by Crippen LogP contribution is -2.16. The molecule has 7 heteroatoms. The van der Waals surface area contributed by atoms with Crippen molar-refractivity contribution in [2.24, 2.45) is 4.99 Å². The van der Waals surface area contributed by atoms with E-state index < -0.39 is 17.6 Å². The summed E-state index contributed by atoms with van der Waals surface area (Å²) in [5, 5.41) is 2.59. The minimum absolute atomic E-state index is 0.0280. The van der Waals surface area contributed by atoms with Gasteiger partial charge < -0.3 is 5.32 Å². The number of carbonyl (C=O) groups excluding carboxylic acids is 1. The van der Waals surface area contributed by atoms with Gasteiger partial charge in [-0.25, -0.2) is 0 Å². The molecule has 33 heavy (non-hydrogen) atoms. The molecular weight excluding hydrogens is 427 g/mol. The van der Waals surface area contributed by atoms with Crippen LogP contribution < -0.4 is 5.32 Å². The van der Waals surface area contributed by atoms with Crippen LogP contribution in [0.2, 0.25) is 0 Å². The Kier molecular flexibility index (Phi) is 5.27. The van der Waals surface area contributed by atoms with Gasteiger partial charge in [0.15, 0.2) is 0 Å². The number of carbonyl (C=O) groups is 1. The van der Waals surface area contributed by atoms with Gasteiger partial charge in [-0.05, 0) is 60.2 Å². The summed E-state index contributed by atoms with van der Waals surface area (Å²) in [7, 11) is 0. The summed E-state index contributed by atoms with van der Waals surface area (Å²) in [6.45, 7) is 1.67. The fraction of sp³-hybridized carbons (Fsp3) is 0.269. The van der Waals surface area contributed by atoms with E-state index in [-0.39, 0.29) is 24.1 Å². The average Bonchev–Trinajstić information content (AvgIpc) is 3.65. The predicted octanol–water partition coefficient (Wildman–Crippen LogP) is 6.67. The van der Waals surface area contributed by atoms with Crippen LogP contribution in [0.1, 0.15) is 54.5 Å². The number of aromatic nitrogens is 1. The van der Waals surface area contributed by atoms with E-state index in [1.807, 2.05) is 36.5 Å². The third-order valence-electron chi connectivity index (χ3n) is 6.08. The summed E-state index contributed by atoms with van der Waals surface area (Å²) in [6, 6.07) is 14.2. The second-order valence-corrected chi connectivity index (χ2v) is 8.49. The van der Waals surface area contributed by atoms with Gasteiger partial charge in [0.2, 0.25) is 5.91 Å². The molecular formula is C26H22F3N3O. The van der Waals surface area contributed by atoms with Crippen LogP contribution in [0, 0.1) is 0 Å². The number of halogens is 3. The summed E-state index contributed by atoms with van der Waals surface area (Å²) in [4.78, 5) is 21.7. The Morgan fingerprint density at radius 2 is 1.82 bits per heavy atom. The number of hydrogen-bond donors (Lipinski definition) is 1. The van der Waals surface area contributed by atoms with Crippen LogP contribution in [0.15, 0.2) is 59.7 Å². The van der Waals surface area contributed by atoms with E-state index >= 15 is 0 Å². The molecule has 1 aliphatic carbocycles. The van der Waals surface area contributed by atoms with Crippen molar-refractivity contribution in [3.8, 4) is 11.1 Å². The first-order chi connectivity index (χ1) is 15.8. The average molecular weight is 449 g/mol. The molecule has 0 saturated heterocycles. The van der Waals surface area contributed by atoms with Crippen LogP contribution >= 0.6 is 0 Å². The molecule has 1 aliphatic heterocycles. The molecule has 0 radical (unpaired) electrons. The summed E-state index contributed by atoms with van der Waals surface area (Å²) < 4.78 is 40.4. The van der Waals surface area contributed by atoms with Crippen molar-refractivity contribution in [3.63, 3.8) is 0 Å². The van der Waals surface area contributed by atoms with E-state index in [4.69, 9.17) is 0 Å². The summed E-state index contributed by atoms with van der Waals surface area (Å²) in [6.07, 6.45) is -0.0812. The van der Waals surface area contributed by atoms with Gasteiger partial charge in [-0.15, -0.1) is 0 Å². The third-order valence-corrected chi connectivity index (χ3v) is 6.08. The minimum Gasteiger partial charge on any atom is -0.324 e. The first kappa shape index (κ1) is 21.4. The highest BCUT2D eigenvalue weighted by atomic mass is 19.4. The van der Waals surface area contributed by atoms with Crippen molar-refractivity contribution < 1.29 is 18.0 Å². The zero-order valence-electron chi connectivity index (χ0n) is 18.0. The Bertz CT molecular complexity index is 1260. The van der Waals surface area contributed by atoms with Crippen molar-refractivity contribution in [2.45, 2.75) is 44.7 Å². The number of aliphatic imine (C=N–C) groups is 1. The highest BCUT2D eigenvalue weighted by Crippen LogP contribution is 2.40. The Hall–Kier alpha value is -3.48. The van der Waals surface area contributed by atoms with E-state index in [2.05, 4.69) is 21.4 Å². The molecule has 1 saturated carbocycles. The van der Waals surface area contributed by atoms with Crippen LogP contribution in [0.3, 0.4) is 0 Å². The number of aryl methyl sites for hydroxylation is 1. The molecule has 1 fully saturated rings. The molecule has 2 aromatic carbocycles. The minimum atomic E-state index is -4.50. The maximum atomic E-state index is 13.5. The van der Waals surface area contributed by atoms with Crippen LogP contribution in [-0.2, 0) is 17.4 Å². The summed E-state index contributed by atoms with van der Waals surface area (Å²) in [5.41, 5.74) is 4.10. The number of fused-ring (bicyclic) bond motifs is 1. The van der Waals surface area contributed by atoms with Gasteiger partial charge in [0.05, 0.1) is 29.1 Å². The second-order valence-electron chi connectivity index (χ2n) is 8.49. The molecule has 2 aliphatic rings. The van der Waals surface area contributed by atoms with Gasteiger partial charge in [0, 0.05) is 23.4 Å². The zero-order chi connectivity index (χ0) is 23.2. The smallest absolute Gasteiger partial charge is 0.324 e. The van der Waals surface area contributed by atoms with Crippen molar-refractivity contribution in [3.05, 3.63) is 77.1 Å². The molecule has 3 aromatic rings. The standard InChI is InChI=1S/C26H22F3N3O/c1-2-15-11-23-24(12-20(15)26(27,28)29)32-25(33)13-22(31-23)18-5-3-4-17(10-18)19-8-9-21(30-14-19)16-6-7-16/h3-5,8-12,14,16H,2,6-7,13H2,1H3,(H,32,33). The van der Waals surface area contributed by atoms with Crippen LogP contribution in [-0.4, -0.2) is 16.6 Å². The third kappa shape index (κ3) is 4.40. The number of anilines is 1. The van der Waals surface area contributed by atoms with Gasteiger partial charge in [-0.2, -0.15) is 13.2 Å². The maximum Gasteiger partial charge on any atom is 0.416 e. The normalized spacial score (nSPS) is 16.0. The Morgan fingerprint density at radius 3 is 2.48 bits per heavy atom. The molecule has 168 valence electrons. The van der Waals surface area contributed by atoms with E-state index in [1.54, 1.807) is 6.92 Å². The van der Waals surface area contributed by atoms with Gasteiger partial charge in [-0.1, -0.05) is 31.2 Å². The Morgan fingerprint density at radius 1 is 1.03 bits per heavy atom. The number of rotatable bonds is 4. The van der Waals surface area contributed by atoms with Gasteiger partial charge >= 0.3 is 6.18 Å². The molecule has 0 atom stereocenters. The lowest BCUT2D eigenvalue weighted by Gasteiger charge is -2.15. The van der Waals surface area contributed by atoms with Gasteiger partial charge in [0.1, 0.15) is 0 Å². The molecule has 1 aromatic heterocycles. The number of alkyl halides is 3. The second kappa shape index (κ2) is 8.14. The van der Waals surface area contributed by atoms with E-state index in [1.165, 1.54) is 18.9 Å². The van der Waals surface area contributed by atoms with E-state index in [0.717, 1.165) is 28.5 Å². The number of pyridine rings is 1. The fourth-order valence-corrected chi connectivity index (χ4v) is 4.15. The van der Waals surface area contributed by atoms with Crippen molar-refractivity contribution in [1.82, 2.24) is 4.98 Å². The number of hydrogen-bond acceptors (Lipinski definition) is 3. The number of nitrogens with zero attached hydrogens (tertiary/aromatic N) is 2. The summed E-state index contributed by atoms with van der Waals surface area (Å²) in [5.74, 6) is 0.181. The molecule has 2 heterocycles. The summed E-state index contributed by atoms with van der Waals surface area (Å²) >= 11 is 0. The topological polar surface area (TPSA) is 54.4 Å². The predicted molar refractivity (Wildman–Crippen MR) is 122 cm³/mol. The SMILES string of the molecule is CCc1cc2c(cc1C(F)(F)F)NC(=O)CC(c1cccc(-c3ccc(C4CC4)nc3)c1)=N2. The van der Waals surface area contributed by atoms with E-state index in [0.29, 0.717) is 17.3 Å². The molecule has 0 unspecified atom stereocenters. The van der Waals surface area contributed by atoms with Gasteiger partial charge in [0.25, 0.3) is 0 Å². The van der Waals surface area contributed by atoms with Crippen molar-refractivity contribution in [1.29, 1.82) is 0 Å². The largest absolute Gasteiger partial charge is 0.416 e. The lowest BCUT2D eigenvalue weighted by atomic mass is 10.00. The quantitative estimate of drug-likeness (QED) is 0.484. The molecule has 0 spiro atoms. The molecule has 0 bridgehead atoms. The number of nitrogens with one attached hydrogen (secondary N) is 1. The zero-order valence-corrected chi connectivity index (χ0v) is 18.0. The fourth-order valence-electron chi connectivity index (χ4n) is 4.15. The van der Waals surface area contributed by atoms with Crippen LogP contribution in [0.5, 0.6) is 0 Å². The Balaban J connectivity index is 1.53. The molecule has 4 nitrogen and oxygen atoms in total. The Labute approximate surface area is 189 Å². The van der Waals surface area contributed by atoms with Crippen molar-refractivity contribution >= 4 is 23.0 Å². The molecule has 5 rings (SSSR count). The monoisotopic (exact) mass is 449 g/mol. The lowest BCUT2D eigenvalue weighted by molar-refractivity contribution is -0.138. The maximum absolute atomic E-state index is 13.5. The molecule has 1 amide bonds. The van der Waals surface area contributed by atoms with Crippen LogP contribution in [0.4, 0.5) is 24.5 Å². The highest BCUT2D eigenvalue weighted by molar-refractivity contribution is 6.17. The van der Waals surface area contributed by atoms with Crippen LogP contribution in [0.25, 0.3) is 11.1 Å². The highest BCUT2D eigenvalue weighted by Gasteiger charge is 2.34. The first-order valence-electron chi connectivity index (χ1n) is 11.0.